The zero-order valence-corrected chi connectivity index (χ0v) is 16.2. The van der Waals surface area contributed by atoms with E-state index in [9.17, 15) is 9.18 Å². The van der Waals surface area contributed by atoms with Crippen molar-refractivity contribution in [2.24, 2.45) is 10.9 Å². The van der Waals surface area contributed by atoms with E-state index in [0.717, 1.165) is 10.0 Å². The Morgan fingerprint density at radius 3 is 2.50 bits per heavy atom. The van der Waals surface area contributed by atoms with Crippen molar-refractivity contribution in [1.29, 1.82) is 0 Å². The van der Waals surface area contributed by atoms with Crippen LogP contribution in [0, 0.1) is 5.82 Å². The van der Waals surface area contributed by atoms with E-state index in [-0.39, 0.29) is 12.4 Å². The maximum absolute atomic E-state index is 12.9. The summed E-state index contributed by atoms with van der Waals surface area (Å²) in [6, 6.07) is 19.7. The summed E-state index contributed by atoms with van der Waals surface area (Å²) in [5, 5.41) is 3.62. The van der Waals surface area contributed by atoms with Crippen molar-refractivity contribution in [3.05, 3.63) is 99.8 Å². The van der Waals surface area contributed by atoms with Crippen LogP contribution in [-0.2, 0) is 11.4 Å². The Balaban J connectivity index is 1.64. The number of hydrogen-bond donors (Lipinski definition) is 1. The highest BCUT2D eigenvalue weighted by Gasteiger charge is 2.10. The molecule has 0 aliphatic rings. The monoisotopic (exact) mass is 442 g/mol. The lowest BCUT2D eigenvalue weighted by Crippen LogP contribution is -2.15. The molecule has 28 heavy (non-hydrogen) atoms. The van der Waals surface area contributed by atoms with Crippen molar-refractivity contribution in [3.8, 4) is 5.75 Å². The van der Waals surface area contributed by atoms with Gasteiger partial charge in [-0.1, -0.05) is 29.4 Å². The highest BCUT2D eigenvalue weighted by Crippen LogP contribution is 2.24. The quantitative estimate of drug-likeness (QED) is 0.261. The molecule has 7 heteroatoms. The Morgan fingerprint density at radius 1 is 1.00 bits per heavy atom. The van der Waals surface area contributed by atoms with Gasteiger partial charge in [-0.25, -0.2) is 9.18 Å². The number of carbonyl (C=O) groups excluding carboxylic acids is 1. The molecule has 2 N–H and O–H groups in total. The average molecular weight is 443 g/mol. The molecule has 3 rings (SSSR count). The molecule has 0 aromatic heterocycles. The molecule has 0 bridgehead atoms. The van der Waals surface area contributed by atoms with E-state index in [2.05, 4.69) is 21.1 Å². The fourth-order valence-electron chi connectivity index (χ4n) is 2.33. The molecule has 142 valence electrons. The van der Waals surface area contributed by atoms with Gasteiger partial charge in [-0.2, -0.15) is 0 Å². The van der Waals surface area contributed by atoms with Crippen molar-refractivity contribution in [2.45, 2.75) is 6.61 Å². The second kappa shape index (κ2) is 9.14. The van der Waals surface area contributed by atoms with Gasteiger partial charge in [-0.15, -0.1) is 0 Å². The van der Waals surface area contributed by atoms with Crippen molar-refractivity contribution in [3.63, 3.8) is 0 Å². The average Bonchev–Trinajstić information content (AvgIpc) is 2.72. The maximum Gasteiger partial charge on any atom is 0.365 e. The standard InChI is InChI=1S/C21H16BrFN2O3/c22-18-6-1-2-7-19(18)27-13-14-4-3-5-16(12-14)21(26)28-25-20(24)15-8-10-17(23)11-9-15/h1-12H,13H2,(H2,24,25). The summed E-state index contributed by atoms with van der Waals surface area (Å²) in [5.74, 6) is -0.378. The van der Waals surface area contributed by atoms with Gasteiger partial charge in [-0.05, 0) is 70.0 Å². The highest BCUT2D eigenvalue weighted by atomic mass is 79.9. The summed E-state index contributed by atoms with van der Waals surface area (Å²) in [7, 11) is 0. The summed E-state index contributed by atoms with van der Waals surface area (Å²) < 4.78 is 19.5. The Labute approximate surface area is 169 Å². The van der Waals surface area contributed by atoms with Gasteiger partial charge in [0.1, 0.15) is 18.2 Å². The number of rotatable bonds is 6. The van der Waals surface area contributed by atoms with Crippen molar-refractivity contribution >= 4 is 27.7 Å². The van der Waals surface area contributed by atoms with E-state index in [0.29, 0.717) is 16.9 Å². The fraction of sp³-hybridized carbons (Fsp3) is 0.0476. The molecule has 0 saturated heterocycles. The van der Waals surface area contributed by atoms with Gasteiger partial charge in [0.15, 0.2) is 5.84 Å². The first-order chi connectivity index (χ1) is 13.5. The Bertz CT molecular complexity index is 1010. The zero-order chi connectivity index (χ0) is 19.9. The Morgan fingerprint density at radius 2 is 1.75 bits per heavy atom. The molecule has 0 unspecified atom stereocenters. The number of ether oxygens (including phenoxy) is 1. The number of benzene rings is 3. The zero-order valence-electron chi connectivity index (χ0n) is 14.6. The molecule has 0 amide bonds. The summed E-state index contributed by atoms with van der Waals surface area (Å²) in [6.45, 7) is 0.282. The fourth-order valence-corrected chi connectivity index (χ4v) is 2.73. The molecule has 0 atom stereocenters. The number of halogens is 2. The first-order valence-electron chi connectivity index (χ1n) is 8.30. The summed E-state index contributed by atoms with van der Waals surface area (Å²) >= 11 is 3.42. The molecule has 0 aliphatic carbocycles. The minimum absolute atomic E-state index is 0.0261. The molecule has 0 spiro atoms. The molecule has 5 nitrogen and oxygen atoms in total. The van der Waals surface area contributed by atoms with Crippen LogP contribution in [0.25, 0.3) is 0 Å². The molecule has 3 aromatic carbocycles. The molecule has 0 aliphatic heterocycles. The number of amidine groups is 1. The normalized spacial score (nSPS) is 11.1. The highest BCUT2D eigenvalue weighted by molar-refractivity contribution is 9.10. The predicted octanol–water partition coefficient (Wildman–Crippen LogP) is 4.64. The van der Waals surface area contributed by atoms with Crippen LogP contribution in [-0.4, -0.2) is 11.8 Å². The second-order valence-electron chi connectivity index (χ2n) is 5.78. The third-order valence-electron chi connectivity index (χ3n) is 3.76. The molecular formula is C21H16BrFN2O3. The third-order valence-corrected chi connectivity index (χ3v) is 4.42. The van der Waals surface area contributed by atoms with Crippen LogP contribution in [0.1, 0.15) is 21.5 Å². The van der Waals surface area contributed by atoms with Gasteiger partial charge in [0, 0.05) is 5.56 Å². The van der Waals surface area contributed by atoms with E-state index >= 15 is 0 Å². The summed E-state index contributed by atoms with van der Waals surface area (Å²) in [5.41, 5.74) is 7.30. The van der Waals surface area contributed by atoms with Crippen molar-refractivity contribution in [1.82, 2.24) is 0 Å². The van der Waals surface area contributed by atoms with Gasteiger partial charge in [0.25, 0.3) is 0 Å². The van der Waals surface area contributed by atoms with Gasteiger partial charge in [0.2, 0.25) is 0 Å². The van der Waals surface area contributed by atoms with Gasteiger partial charge < -0.3 is 15.3 Å². The first kappa shape index (κ1) is 19.6. The molecule has 3 aromatic rings. The van der Waals surface area contributed by atoms with E-state index in [1.54, 1.807) is 18.2 Å². The van der Waals surface area contributed by atoms with E-state index in [1.165, 1.54) is 24.3 Å². The smallest absolute Gasteiger partial charge is 0.365 e. The van der Waals surface area contributed by atoms with Crippen LogP contribution in [0.5, 0.6) is 5.75 Å². The van der Waals surface area contributed by atoms with Gasteiger partial charge in [-0.3, -0.25) is 0 Å². The molecule has 0 radical (unpaired) electrons. The van der Waals surface area contributed by atoms with E-state index in [4.69, 9.17) is 15.3 Å². The van der Waals surface area contributed by atoms with Crippen LogP contribution in [0.4, 0.5) is 4.39 Å². The van der Waals surface area contributed by atoms with Crippen LogP contribution >= 0.6 is 15.9 Å². The van der Waals surface area contributed by atoms with Crippen molar-refractivity contribution < 1.29 is 18.8 Å². The topological polar surface area (TPSA) is 73.9 Å². The van der Waals surface area contributed by atoms with Crippen LogP contribution < -0.4 is 10.5 Å². The van der Waals surface area contributed by atoms with E-state index in [1.807, 2.05) is 30.3 Å². The minimum Gasteiger partial charge on any atom is -0.488 e. The first-order valence-corrected chi connectivity index (χ1v) is 9.09. The Kier molecular flexibility index (Phi) is 6.39. The molecule has 0 fully saturated rings. The molecule has 0 heterocycles. The molecular weight excluding hydrogens is 427 g/mol. The van der Waals surface area contributed by atoms with Gasteiger partial charge >= 0.3 is 5.97 Å². The second-order valence-corrected chi connectivity index (χ2v) is 6.64. The molecule has 0 saturated carbocycles. The van der Waals surface area contributed by atoms with Crippen LogP contribution in [0.2, 0.25) is 0 Å². The number of carbonyl (C=O) groups is 1. The van der Waals surface area contributed by atoms with Crippen LogP contribution in [0.15, 0.2) is 82.4 Å². The van der Waals surface area contributed by atoms with E-state index < -0.39 is 11.8 Å². The number of nitrogens with zero attached hydrogens (tertiary/aromatic N) is 1. The predicted molar refractivity (Wildman–Crippen MR) is 107 cm³/mol. The largest absolute Gasteiger partial charge is 0.488 e. The lowest BCUT2D eigenvalue weighted by atomic mass is 10.1. The van der Waals surface area contributed by atoms with Crippen LogP contribution in [0.3, 0.4) is 0 Å². The Hall–Kier alpha value is -3.19. The number of oxime groups is 1. The summed E-state index contributed by atoms with van der Waals surface area (Å²) in [4.78, 5) is 17.1. The maximum atomic E-state index is 12.9. The minimum atomic E-state index is -0.659. The number of para-hydroxylation sites is 1. The number of nitrogens with two attached hydrogens (primary N) is 1. The van der Waals surface area contributed by atoms with Gasteiger partial charge in [0.05, 0.1) is 10.0 Å². The third kappa shape index (κ3) is 5.17. The number of hydrogen-bond acceptors (Lipinski definition) is 4. The summed E-state index contributed by atoms with van der Waals surface area (Å²) in [6.07, 6.45) is 0. The lowest BCUT2D eigenvalue weighted by Gasteiger charge is -2.08. The lowest BCUT2D eigenvalue weighted by molar-refractivity contribution is 0.0516. The SMILES string of the molecule is N/C(=N\OC(=O)c1cccc(COc2ccccc2Br)c1)c1ccc(F)cc1. The van der Waals surface area contributed by atoms with Crippen molar-refractivity contribution in [2.75, 3.05) is 0 Å².